The summed E-state index contributed by atoms with van der Waals surface area (Å²) in [7, 11) is 0. The Labute approximate surface area is 154 Å². The number of aromatic amines is 1. The van der Waals surface area contributed by atoms with E-state index in [-0.39, 0.29) is 11.3 Å². The highest BCUT2D eigenvalue weighted by molar-refractivity contribution is 6.35. The third-order valence-corrected chi connectivity index (χ3v) is 4.23. The normalized spacial score (nSPS) is 10.7. The molecule has 3 rings (SSSR count). The fraction of sp³-hybridized carbons (Fsp3) is 0.105. The molecule has 0 bridgehead atoms. The summed E-state index contributed by atoms with van der Waals surface area (Å²) in [5.74, 6) is -0.141. The number of hydrogen-bond donors (Lipinski definition) is 1. The molecule has 25 heavy (non-hydrogen) atoms. The summed E-state index contributed by atoms with van der Waals surface area (Å²) in [5.41, 5.74) is 3.27. The zero-order valence-corrected chi connectivity index (χ0v) is 14.9. The van der Waals surface area contributed by atoms with Crippen molar-refractivity contribution in [3.63, 3.8) is 0 Å². The summed E-state index contributed by atoms with van der Waals surface area (Å²) in [5, 5.41) is 7.24. The zero-order chi connectivity index (χ0) is 18.0. The molecule has 0 spiro atoms. The minimum absolute atomic E-state index is 0.141. The van der Waals surface area contributed by atoms with E-state index in [1.54, 1.807) is 24.3 Å². The molecule has 0 aliphatic carbocycles. The number of benzene rings is 2. The van der Waals surface area contributed by atoms with Crippen LogP contribution in [0.25, 0.3) is 0 Å². The molecule has 126 valence electrons. The fourth-order valence-electron chi connectivity index (χ4n) is 2.55. The molecule has 0 aliphatic rings. The van der Waals surface area contributed by atoms with E-state index in [1.165, 1.54) is 6.07 Å². The number of ketones is 1. The summed E-state index contributed by atoms with van der Waals surface area (Å²) in [6.07, 6.45) is 0.508. The Kier molecular flexibility index (Phi) is 5.02. The Morgan fingerprint density at radius 2 is 1.76 bits per heavy atom. The van der Waals surface area contributed by atoms with Gasteiger partial charge in [0.25, 0.3) is 5.56 Å². The van der Waals surface area contributed by atoms with Gasteiger partial charge in [0, 0.05) is 33.7 Å². The number of aromatic nitrogens is 2. The van der Waals surface area contributed by atoms with Gasteiger partial charge >= 0.3 is 0 Å². The summed E-state index contributed by atoms with van der Waals surface area (Å²) in [6, 6.07) is 13.5. The number of nitrogens with zero attached hydrogens (tertiary/aromatic N) is 1. The van der Waals surface area contributed by atoms with Gasteiger partial charge in [0.1, 0.15) is 0 Å². The summed E-state index contributed by atoms with van der Waals surface area (Å²) in [6.45, 7) is 1.88. The van der Waals surface area contributed by atoms with Crippen molar-refractivity contribution in [1.29, 1.82) is 0 Å². The van der Waals surface area contributed by atoms with E-state index in [9.17, 15) is 9.59 Å². The quantitative estimate of drug-likeness (QED) is 0.697. The summed E-state index contributed by atoms with van der Waals surface area (Å²) < 4.78 is 0. The first kappa shape index (κ1) is 17.4. The molecule has 4 nitrogen and oxygen atoms in total. The van der Waals surface area contributed by atoms with Crippen molar-refractivity contribution >= 4 is 29.0 Å². The van der Waals surface area contributed by atoms with Crippen LogP contribution in [-0.2, 0) is 6.42 Å². The predicted molar refractivity (Wildman–Crippen MR) is 98.7 cm³/mol. The van der Waals surface area contributed by atoms with E-state index < -0.39 is 0 Å². The molecule has 0 fully saturated rings. The number of H-pyrrole nitrogens is 1. The molecule has 0 atom stereocenters. The summed E-state index contributed by atoms with van der Waals surface area (Å²) in [4.78, 5) is 23.9. The number of nitrogens with one attached hydrogen (secondary N) is 1. The molecule has 0 amide bonds. The van der Waals surface area contributed by atoms with Crippen LogP contribution in [0, 0.1) is 6.92 Å². The number of carbonyl (C=O) groups is 1. The zero-order valence-electron chi connectivity index (χ0n) is 13.3. The van der Waals surface area contributed by atoms with E-state index in [1.807, 2.05) is 25.1 Å². The van der Waals surface area contributed by atoms with E-state index in [0.717, 1.165) is 11.1 Å². The maximum Gasteiger partial charge on any atom is 0.264 e. The largest absolute Gasteiger partial charge is 0.289 e. The van der Waals surface area contributed by atoms with Gasteiger partial charge in [-0.2, -0.15) is 5.10 Å². The number of carbonyl (C=O) groups excluding carboxylic acids is 1. The highest BCUT2D eigenvalue weighted by Crippen LogP contribution is 2.23. The van der Waals surface area contributed by atoms with E-state index in [2.05, 4.69) is 10.2 Å². The van der Waals surface area contributed by atoms with Gasteiger partial charge < -0.3 is 0 Å². The second-order valence-corrected chi connectivity index (χ2v) is 6.60. The molecule has 3 aromatic rings. The molecule has 0 aliphatic heterocycles. The Balaban J connectivity index is 1.94. The third-order valence-electron chi connectivity index (χ3n) is 3.79. The summed E-state index contributed by atoms with van der Waals surface area (Å²) >= 11 is 12.0. The van der Waals surface area contributed by atoms with E-state index in [0.29, 0.717) is 33.3 Å². The lowest BCUT2D eigenvalue weighted by molar-refractivity contribution is 0.103. The van der Waals surface area contributed by atoms with Crippen LogP contribution in [0.1, 0.15) is 32.7 Å². The lowest BCUT2D eigenvalue weighted by Crippen LogP contribution is -2.08. The van der Waals surface area contributed by atoms with E-state index in [4.69, 9.17) is 23.2 Å². The Bertz CT molecular complexity index is 972. The molecule has 0 saturated carbocycles. The molecule has 0 radical (unpaired) electrons. The molecule has 1 heterocycles. The number of aryl methyl sites for hydroxylation is 1. The standard InChI is InChI=1S/C19H14Cl2N2O2/c1-11-2-3-12(6-16-4-5-18(24)23-22-16)7-17(11)19(25)13-8-14(20)10-15(21)9-13/h2-5,7-10H,6H2,1H3,(H,23,24). The van der Waals surface area contributed by atoms with Crippen LogP contribution in [-0.4, -0.2) is 16.0 Å². The Hall–Kier alpha value is -2.43. The third kappa shape index (κ3) is 4.16. The average molecular weight is 373 g/mol. The second kappa shape index (κ2) is 7.21. The van der Waals surface area contributed by atoms with Crippen LogP contribution in [0.3, 0.4) is 0 Å². The smallest absolute Gasteiger partial charge is 0.264 e. The maximum absolute atomic E-state index is 12.8. The first-order valence-electron chi connectivity index (χ1n) is 7.57. The van der Waals surface area contributed by atoms with Crippen LogP contribution in [0.2, 0.25) is 10.0 Å². The van der Waals surface area contributed by atoms with Crippen LogP contribution in [0.4, 0.5) is 0 Å². The number of hydrogen-bond acceptors (Lipinski definition) is 3. The molecule has 1 aromatic heterocycles. The van der Waals surface area contributed by atoms with Gasteiger partial charge in [0.05, 0.1) is 5.69 Å². The van der Waals surface area contributed by atoms with Crippen LogP contribution in [0.5, 0.6) is 0 Å². The lowest BCUT2D eigenvalue weighted by Gasteiger charge is -2.09. The second-order valence-electron chi connectivity index (χ2n) is 5.73. The number of halogens is 2. The molecule has 2 aromatic carbocycles. The monoisotopic (exact) mass is 372 g/mol. The maximum atomic E-state index is 12.8. The average Bonchev–Trinajstić information content (AvgIpc) is 2.57. The van der Waals surface area contributed by atoms with Crippen molar-refractivity contribution in [3.8, 4) is 0 Å². The molecule has 0 unspecified atom stereocenters. The van der Waals surface area contributed by atoms with Crippen molar-refractivity contribution in [3.05, 3.63) is 96.9 Å². The highest BCUT2D eigenvalue weighted by Gasteiger charge is 2.14. The predicted octanol–water partition coefficient (Wildman–Crippen LogP) is 4.21. The van der Waals surface area contributed by atoms with Crippen molar-refractivity contribution in [2.45, 2.75) is 13.3 Å². The fourth-order valence-corrected chi connectivity index (χ4v) is 3.07. The Morgan fingerprint density at radius 3 is 2.40 bits per heavy atom. The number of rotatable bonds is 4. The van der Waals surface area contributed by atoms with Gasteiger partial charge in [-0.15, -0.1) is 0 Å². The van der Waals surface area contributed by atoms with Crippen molar-refractivity contribution in [1.82, 2.24) is 10.2 Å². The highest BCUT2D eigenvalue weighted by atomic mass is 35.5. The van der Waals surface area contributed by atoms with E-state index >= 15 is 0 Å². The van der Waals surface area contributed by atoms with Crippen molar-refractivity contribution in [2.24, 2.45) is 0 Å². The molecule has 0 saturated heterocycles. The minimum atomic E-state index is -0.249. The molecular weight excluding hydrogens is 359 g/mol. The van der Waals surface area contributed by atoms with Gasteiger partial charge in [-0.25, -0.2) is 5.10 Å². The van der Waals surface area contributed by atoms with Crippen LogP contribution >= 0.6 is 23.2 Å². The van der Waals surface area contributed by atoms with Crippen molar-refractivity contribution < 1.29 is 4.79 Å². The van der Waals surface area contributed by atoms with Gasteiger partial charge in [-0.1, -0.05) is 35.3 Å². The minimum Gasteiger partial charge on any atom is -0.289 e. The van der Waals surface area contributed by atoms with Gasteiger partial charge in [0.15, 0.2) is 5.78 Å². The van der Waals surface area contributed by atoms with Crippen molar-refractivity contribution in [2.75, 3.05) is 0 Å². The Morgan fingerprint density at radius 1 is 1.04 bits per heavy atom. The molecule has 6 heteroatoms. The van der Waals surface area contributed by atoms with Gasteiger partial charge in [-0.05, 0) is 48.4 Å². The van der Waals surface area contributed by atoms with Crippen LogP contribution in [0.15, 0.2) is 53.3 Å². The van der Waals surface area contributed by atoms with Gasteiger partial charge in [0.2, 0.25) is 0 Å². The van der Waals surface area contributed by atoms with Crippen LogP contribution < -0.4 is 5.56 Å². The SMILES string of the molecule is Cc1ccc(Cc2ccc(=O)[nH]n2)cc1C(=O)c1cc(Cl)cc(Cl)c1. The lowest BCUT2D eigenvalue weighted by atomic mass is 9.95. The van der Waals surface area contributed by atoms with Gasteiger partial charge in [-0.3, -0.25) is 9.59 Å². The molecular formula is C19H14Cl2N2O2. The topological polar surface area (TPSA) is 62.8 Å². The first-order chi connectivity index (χ1) is 11.9. The first-order valence-corrected chi connectivity index (χ1v) is 8.33. The molecule has 1 N–H and O–H groups in total.